The molecule has 0 spiro atoms. The fraction of sp³-hybridized carbons (Fsp3) is 0.333. The summed E-state index contributed by atoms with van der Waals surface area (Å²) in [5.74, 6) is 0.438. The molecular formula is C21H26FN5O2S. The molecule has 1 N–H and O–H groups in total. The van der Waals surface area contributed by atoms with Gasteiger partial charge in [0.25, 0.3) is 0 Å². The van der Waals surface area contributed by atoms with Gasteiger partial charge in [0.15, 0.2) is 0 Å². The van der Waals surface area contributed by atoms with Gasteiger partial charge < -0.3 is 10.2 Å². The van der Waals surface area contributed by atoms with Crippen molar-refractivity contribution in [1.29, 1.82) is 0 Å². The SMILES string of the molecule is CN(C)CCCNc1nc(CN(C)S(=O)(=O)c2cccc(F)c2)nc2ccccc12. The summed E-state index contributed by atoms with van der Waals surface area (Å²) in [5, 5.41) is 4.22. The third-order valence-electron chi connectivity index (χ3n) is 4.59. The van der Waals surface area contributed by atoms with E-state index in [0.717, 1.165) is 40.8 Å². The van der Waals surface area contributed by atoms with Gasteiger partial charge in [-0.1, -0.05) is 18.2 Å². The molecule has 0 saturated heterocycles. The smallest absolute Gasteiger partial charge is 0.243 e. The van der Waals surface area contributed by atoms with Crippen molar-refractivity contribution in [2.24, 2.45) is 0 Å². The Kier molecular flexibility index (Phi) is 6.96. The molecule has 0 atom stereocenters. The highest BCUT2D eigenvalue weighted by atomic mass is 32.2. The molecule has 0 saturated carbocycles. The van der Waals surface area contributed by atoms with Gasteiger partial charge in [-0.3, -0.25) is 0 Å². The summed E-state index contributed by atoms with van der Waals surface area (Å²) in [5.41, 5.74) is 0.731. The normalized spacial score (nSPS) is 12.1. The number of fused-ring (bicyclic) bond motifs is 1. The number of para-hydroxylation sites is 1. The van der Waals surface area contributed by atoms with Crippen LogP contribution < -0.4 is 5.32 Å². The summed E-state index contributed by atoms with van der Waals surface area (Å²) in [6, 6.07) is 12.5. The van der Waals surface area contributed by atoms with Gasteiger partial charge in [-0.2, -0.15) is 4.31 Å². The molecule has 0 fully saturated rings. The number of rotatable bonds is 9. The van der Waals surface area contributed by atoms with Crippen molar-refractivity contribution in [3.8, 4) is 0 Å². The highest BCUT2D eigenvalue weighted by Crippen LogP contribution is 2.22. The van der Waals surface area contributed by atoms with Crippen molar-refractivity contribution in [2.75, 3.05) is 39.5 Å². The Bertz CT molecular complexity index is 1120. The maximum atomic E-state index is 13.5. The second-order valence-corrected chi connectivity index (χ2v) is 9.35. The van der Waals surface area contributed by atoms with Gasteiger partial charge in [0.2, 0.25) is 10.0 Å². The molecule has 30 heavy (non-hydrogen) atoms. The van der Waals surface area contributed by atoms with E-state index >= 15 is 0 Å². The number of benzene rings is 2. The van der Waals surface area contributed by atoms with E-state index in [4.69, 9.17) is 0 Å². The van der Waals surface area contributed by atoms with E-state index in [1.807, 2.05) is 38.4 Å². The fourth-order valence-electron chi connectivity index (χ4n) is 3.02. The van der Waals surface area contributed by atoms with Crippen molar-refractivity contribution in [2.45, 2.75) is 17.9 Å². The number of nitrogens with one attached hydrogen (secondary N) is 1. The zero-order chi connectivity index (χ0) is 21.7. The van der Waals surface area contributed by atoms with Crippen LogP contribution in [-0.2, 0) is 16.6 Å². The van der Waals surface area contributed by atoms with E-state index in [0.29, 0.717) is 11.6 Å². The lowest BCUT2D eigenvalue weighted by molar-refractivity contribution is 0.405. The molecule has 160 valence electrons. The molecule has 0 radical (unpaired) electrons. The highest BCUT2D eigenvalue weighted by molar-refractivity contribution is 7.89. The molecule has 0 aliphatic rings. The minimum Gasteiger partial charge on any atom is -0.369 e. The minimum absolute atomic E-state index is 0.0317. The number of anilines is 1. The molecule has 1 aromatic heterocycles. The maximum Gasteiger partial charge on any atom is 0.243 e. The molecule has 0 amide bonds. The number of sulfonamides is 1. The monoisotopic (exact) mass is 431 g/mol. The first kappa shape index (κ1) is 22.1. The second kappa shape index (κ2) is 9.46. The third-order valence-corrected chi connectivity index (χ3v) is 6.39. The molecule has 0 bridgehead atoms. The van der Waals surface area contributed by atoms with Crippen molar-refractivity contribution in [3.63, 3.8) is 0 Å². The summed E-state index contributed by atoms with van der Waals surface area (Å²) in [6.07, 6.45) is 0.939. The van der Waals surface area contributed by atoms with E-state index in [1.54, 1.807) is 0 Å². The van der Waals surface area contributed by atoms with Crippen LogP contribution in [0.4, 0.5) is 10.2 Å². The van der Waals surface area contributed by atoms with Crippen LogP contribution in [-0.4, -0.2) is 61.8 Å². The van der Waals surface area contributed by atoms with Crippen LogP contribution in [0.1, 0.15) is 12.2 Å². The van der Waals surface area contributed by atoms with Gasteiger partial charge in [-0.05, 0) is 57.4 Å². The molecule has 0 unspecified atom stereocenters. The summed E-state index contributed by atoms with van der Waals surface area (Å²) in [6.45, 7) is 1.64. The maximum absolute atomic E-state index is 13.5. The number of hydrogen-bond donors (Lipinski definition) is 1. The number of nitrogens with zero attached hydrogens (tertiary/aromatic N) is 4. The third kappa shape index (κ3) is 5.29. The molecule has 0 aliphatic carbocycles. The van der Waals surface area contributed by atoms with Crippen LogP contribution >= 0.6 is 0 Å². The van der Waals surface area contributed by atoms with Crippen molar-refractivity contribution >= 4 is 26.7 Å². The van der Waals surface area contributed by atoms with Crippen LogP contribution in [0, 0.1) is 5.82 Å². The van der Waals surface area contributed by atoms with Crippen LogP contribution in [0.3, 0.4) is 0 Å². The van der Waals surface area contributed by atoms with E-state index in [-0.39, 0.29) is 11.4 Å². The van der Waals surface area contributed by atoms with E-state index in [9.17, 15) is 12.8 Å². The van der Waals surface area contributed by atoms with Gasteiger partial charge in [0.1, 0.15) is 17.5 Å². The standard InChI is InChI=1S/C21H26FN5O2S/c1-26(2)13-7-12-23-21-18-10-4-5-11-19(18)24-20(25-21)15-27(3)30(28,29)17-9-6-8-16(22)14-17/h4-6,8-11,14H,7,12-13,15H2,1-3H3,(H,23,24,25). The van der Waals surface area contributed by atoms with E-state index in [1.165, 1.54) is 25.2 Å². The molecule has 3 rings (SSSR count). The Hall–Kier alpha value is -2.62. The van der Waals surface area contributed by atoms with Gasteiger partial charge in [-0.15, -0.1) is 0 Å². The molecule has 9 heteroatoms. The van der Waals surface area contributed by atoms with Crippen molar-refractivity contribution in [3.05, 3.63) is 60.2 Å². The van der Waals surface area contributed by atoms with Gasteiger partial charge >= 0.3 is 0 Å². The Morgan fingerprint density at radius 1 is 1.03 bits per heavy atom. The first-order valence-electron chi connectivity index (χ1n) is 9.63. The lowest BCUT2D eigenvalue weighted by Gasteiger charge is -2.18. The number of aromatic nitrogens is 2. The zero-order valence-electron chi connectivity index (χ0n) is 17.3. The molecule has 3 aromatic rings. The Labute approximate surface area is 176 Å². The van der Waals surface area contributed by atoms with E-state index in [2.05, 4.69) is 20.2 Å². The molecular weight excluding hydrogens is 405 g/mol. The topological polar surface area (TPSA) is 78.4 Å². The van der Waals surface area contributed by atoms with Crippen molar-refractivity contribution < 1.29 is 12.8 Å². The first-order valence-corrected chi connectivity index (χ1v) is 11.1. The Morgan fingerprint density at radius 3 is 2.53 bits per heavy atom. The second-order valence-electron chi connectivity index (χ2n) is 7.31. The van der Waals surface area contributed by atoms with Gasteiger partial charge in [0.05, 0.1) is 17.0 Å². The van der Waals surface area contributed by atoms with Gasteiger partial charge in [0, 0.05) is 19.0 Å². The van der Waals surface area contributed by atoms with Crippen LogP contribution in [0.5, 0.6) is 0 Å². The summed E-state index contributed by atoms with van der Waals surface area (Å²) < 4.78 is 40.2. The predicted molar refractivity (Wildman–Crippen MR) is 116 cm³/mol. The molecule has 0 aliphatic heterocycles. The lowest BCUT2D eigenvalue weighted by atomic mass is 10.2. The summed E-state index contributed by atoms with van der Waals surface area (Å²) in [7, 11) is 1.61. The first-order chi connectivity index (χ1) is 14.3. The predicted octanol–water partition coefficient (Wildman–Crippen LogP) is 2.95. The average molecular weight is 432 g/mol. The quantitative estimate of drug-likeness (QED) is 0.525. The fourth-order valence-corrected chi connectivity index (χ4v) is 4.18. The minimum atomic E-state index is -3.87. The lowest BCUT2D eigenvalue weighted by Crippen LogP contribution is -2.27. The van der Waals surface area contributed by atoms with E-state index < -0.39 is 15.8 Å². The van der Waals surface area contributed by atoms with Crippen molar-refractivity contribution in [1.82, 2.24) is 19.2 Å². The number of hydrogen-bond acceptors (Lipinski definition) is 6. The Morgan fingerprint density at radius 2 is 1.80 bits per heavy atom. The highest BCUT2D eigenvalue weighted by Gasteiger charge is 2.23. The van der Waals surface area contributed by atoms with Crippen LogP contribution in [0.25, 0.3) is 10.9 Å². The van der Waals surface area contributed by atoms with Crippen LogP contribution in [0.15, 0.2) is 53.4 Å². The summed E-state index contributed by atoms with van der Waals surface area (Å²) >= 11 is 0. The molecule has 1 heterocycles. The van der Waals surface area contributed by atoms with Gasteiger partial charge in [-0.25, -0.2) is 22.8 Å². The molecule has 2 aromatic carbocycles. The number of halogens is 1. The van der Waals surface area contributed by atoms with Crippen LogP contribution in [0.2, 0.25) is 0 Å². The Balaban J connectivity index is 1.84. The summed E-state index contributed by atoms with van der Waals surface area (Å²) in [4.78, 5) is 11.1. The largest absolute Gasteiger partial charge is 0.369 e. The molecule has 7 nitrogen and oxygen atoms in total. The zero-order valence-corrected chi connectivity index (χ0v) is 18.2. The average Bonchev–Trinajstić information content (AvgIpc) is 2.71.